The van der Waals surface area contributed by atoms with E-state index in [4.69, 9.17) is 14.2 Å². The first-order valence-electron chi connectivity index (χ1n) is 9.78. The summed E-state index contributed by atoms with van der Waals surface area (Å²) in [5, 5.41) is 12.4. The number of rotatable bonds is 7. The van der Waals surface area contributed by atoms with Crippen molar-refractivity contribution in [2.45, 2.75) is 45.3 Å². The van der Waals surface area contributed by atoms with Gasteiger partial charge in [0.1, 0.15) is 5.60 Å². The second-order valence-electron chi connectivity index (χ2n) is 8.23. The van der Waals surface area contributed by atoms with Gasteiger partial charge in [0.15, 0.2) is 11.5 Å². The number of carbonyl (C=O) groups excluding carboxylic acids is 1. The number of piperidine rings is 1. The average Bonchev–Trinajstić information content (AvgIpc) is 2.65. The molecule has 0 radical (unpaired) electrons. The lowest BCUT2D eigenvalue weighted by molar-refractivity contribution is -0.144. The Labute approximate surface area is 172 Å². The van der Waals surface area contributed by atoms with Crippen LogP contribution in [0.2, 0.25) is 0 Å². The predicted octanol–water partition coefficient (Wildman–Crippen LogP) is 2.55. The second-order valence-corrected chi connectivity index (χ2v) is 8.23. The Hall–Kier alpha value is -2.48. The van der Waals surface area contributed by atoms with E-state index >= 15 is 0 Å². The first-order valence-corrected chi connectivity index (χ1v) is 9.78. The zero-order chi connectivity index (χ0) is 21.6. The van der Waals surface area contributed by atoms with Crippen molar-refractivity contribution < 1.29 is 28.9 Å². The maximum atomic E-state index is 12.0. The highest BCUT2D eigenvalue weighted by Gasteiger charge is 2.36. The van der Waals surface area contributed by atoms with Crippen LogP contribution >= 0.6 is 0 Å². The van der Waals surface area contributed by atoms with Gasteiger partial charge in [-0.05, 0) is 51.3 Å². The Morgan fingerprint density at radius 1 is 1.21 bits per heavy atom. The van der Waals surface area contributed by atoms with Crippen molar-refractivity contribution in [1.29, 1.82) is 0 Å². The summed E-state index contributed by atoms with van der Waals surface area (Å²) in [6.07, 6.45) is 0.742. The molecule has 1 amide bonds. The number of likely N-dealkylation sites (tertiary alicyclic amines) is 1. The van der Waals surface area contributed by atoms with E-state index in [-0.39, 0.29) is 0 Å². The summed E-state index contributed by atoms with van der Waals surface area (Å²) < 4.78 is 15.9. The van der Waals surface area contributed by atoms with E-state index in [1.165, 1.54) is 0 Å². The molecule has 0 aliphatic carbocycles. The van der Waals surface area contributed by atoms with E-state index in [1.54, 1.807) is 35.0 Å². The molecule has 2 rings (SSSR count). The fraction of sp³-hybridized carbons (Fsp3) is 0.619. The van der Waals surface area contributed by atoms with Crippen molar-refractivity contribution in [3.63, 3.8) is 0 Å². The number of nitrogens with one attached hydrogen (secondary N) is 1. The number of carbonyl (C=O) groups is 2. The molecule has 1 aromatic carbocycles. The molecule has 8 heteroatoms. The maximum absolute atomic E-state index is 12.0. The minimum absolute atomic E-state index is 0.378. The van der Waals surface area contributed by atoms with E-state index in [0.717, 1.165) is 18.5 Å². The summed E-state index contributed by atoms with van der Waals surface area (Å²) >= 11 is 0. The number of aliphatic carboxylic acids is 1. The summed E-state index contributed by atoms with van der Waals surface area (Å²) in [5.74, 6) is -0.242. The molecule has 0 spiro atoms. The fourth-order valence-electron chi connectivity index (χ4n) is 3.43. The maximum Gasteiger partial charge on any atom is 0.407 e. The molecule has 8 nitrogen and oxygen atoms in total. The van der Waals surface area contributed by atoms with Crippen LogP contribution in [0.4, 0.5) is 4.79 Å². The molecule has 0 bridgehead atoms. The molecule has 1 aliphatic rings. The lowest BCUT2D eigenvalue weighted by Gasteiger charge is -2.37. The van der Waals surface area contributed by atoms with Crippen molar-refractivity contribution in [1.82, 2.24) is 10.2 Å². The minimum Gasteiger partial charge on any atom is -0.493 e. The van der Waals surface area contributed by atoms with E-state index in [0.29, 0.717) is 31.0 Å². The summed E-state index contributed by atoms with van der Waals surface area (Å²) in [4.78, 5) is 25.9. The van der Waals surface area contributed by atoms with Gasteiger partial charge < -0.3 is 29.5 Å². The molecule has 2 atom stereocenters. The molecule has 1 heterocycles. The largest absolute Gasteiger partial charge is 0.493 e. The molecule has 0 unspecified atom stereocenters. The van der Waals surface area contributed by atoms with Crippen molar-refractivity contribution >= 4 is 12.1 Å². The fourth-order valence-corrected chi connectivity index (χ4v) is 3.43. The Morgan fingerprint density at radius 3 is 2.48 bits per heavy atom. The number of alkyl carbamates (subject to hydrolysis) is 1. The van der Waals surface area contributed by atoms with Crippen LogP contribution in [0.5, 0.6) is 11.5 Å². The highest BCUT2D eigenvalue weighted by atomic mass is 16.6. The summed E-state index contributed by atoms with van der Waals surface area (Å²) in [5.41, 5.74) is 0.465. The molecule has 29 heavy (non-hydrogen) atoms. The Kier molecular flexibility index (Phi) is 7.73. The Morgan fingerprint density at radius 2 is 1.90 bits per heavy atom. The summed E-state index contributed by atoms with van der Waals surface area (Å²) in [7, 11) is 3.20. The van der Waals surface area contributed by atoms with Gasteiger partial charge >= 0.3 is 12.1 Å². The topological polar surface area (TPSA) is 97.3 Å². The van der Waals surface area contributed by atoms with Crippen LogP contribution < -0.4 is 14.8 Å². The lowest BCUT2D eigenvalue weighted by Crippen LogP contribution is -2.54. The van der Waals surface area contributed by atoms with Gasteiger partial charge in [0.05, 0.1) is 20.1 Å². The highest BCUT2D eigenvalue weighted by molar-refractivity contribution is 5.74. The standard InChI is InChI=1S/C21H32N2O6/c1-21(2,3)29-20(26)22-16-9-11-23(13-15(16)19(24)25)10-8-14-6-7-17(27-4)18(12-14)28-5/h6-7,12,15-16H,8-11,13H2,1-5H3,(H,22,26)(H,24,25)/t15-,16-/m0/s1. The van der Waals surface area contributed by atoms with Gasteiger partial charge in [-0.15, -0.1) is 0 Å². The Balaban J connectivity index is 1.94. The third-order valence-corrected chi connectivity index (χ3v) is 4.88. The Bertz CT molecular complexity index is 716. The van der Waals surface area contributed by atoms with Crippen molar-refractivity contribution in [3.05, 3.63) is 23.8 Å². The van der Waals surface area contributed by atoms with E-state index in [2.05, 4.69) is 10.2 Å². The smallest absolute Gasteiger partial charge is 0.407 e. The number of hydrogen-bond acceptors (Lipinski definition) is 6. The van der Waals surface area contributed by atoms with Gasteiger partial charge in [0.25, 0.3) is 0 Å². The van der Waals surface area contributed by atoms with Gasteiger partial charge in [-0.3, -0.25) is 4.79 Å². The summed E-state index contributed by atoms with van der Waals surface area (Å²) in [6.45, 7) is 7.13. The molecule has 1 aliphatic heterocycles. The van der Waals surface area contributed by atoms with E-state index in [1.807, 2.05) is 18.2 Å². The third-order valence-electron chi connectivity index (χ3n) is 4.88. The molecule has 1 saturated heterocycles. The monoisotopic (exact) mass is 408 g/mol. The predicted molar refractivity (Wildman–Crippen MR) is 109 cm³/mol. The molecule has 0 saturated carbocycles. The van der Waals surface area contributed by atoms with Crippen LogP contribution in [-0.4, -0.2) is 67.6 Å². The minimum atomic E-state index is -0.915. The molecular weight excluding hydrogens is 376 g/mol. The molecule has 162 valence electrons. The SMILES string of the molecule is COc1ccc(CCN2CC[C@H](NC(=O)OC(C)(C)C)[C@@H](C(=O)O)C2)cc1OC. The van der Waals surface area contributed by atoms with Gasteiger partial charge in [0, 0.05) is 25.7 Å². The van der Waals surface area contributed by atoms with Crippen molar-refractivity contribution in [2.24, 2.45) is 5.92 Å². The van der Waals surface area contributed by atoms with Crippen LogP contribution in [0.25, 0.3) is 0 Å². The molecule has 1 aromatic rings. The summed E-state index contributed by atoms with van der Waals surface area (Å²) in [6, 6.07) is 5.34. The van der Waals surface area contributed by atoms with E-state index < -0.39 is 29.6 Å². The van der Waals surface area contributed by atoms with Crippen molar-refractivity contribution in [2.75, 3.05) is 33.9 Å². The average molecular weight is 408 g/mol. The first kappa shape index (κ1) is 22.8. The van der Waals surface area contributed by atoms with Gasteiger partial charge in [-0.1, -0.05) is 6.07 Å². The number of carboxylic acid groups (broad SMARTS) is 1. The number of nitrogens with zero attached hydrogens (tertiary/aromatic N) is 1. The number of methoxy groups -OCH3 is 2. The number of benzene rings is 1. The number of hydrogen-bond donors (Lipinski definition) is 2. The third kappa shape index (κ3) is 6.81. The van der Waals surface area contributed by atoms with Crippen LogP contribution in [0, 0.1) is 5.92 Å². The zero-order valence-electron chi connectivity index (χ0n) is 17.9. The van der Waals surface area contributed by atoms with Gasteiger partial charge in [-0.25, -0.2) is 4.79 Å². The van der Waals surface area contributed by atoms with Gasteiger partial charge in [0.2, 0.25) is 0 Å². The normalized spacial score (nSPS) is 20.0. The van der Waals surface area contributed by atoms with E-state index in [9.17, 15) is 14.7 Å². The number of carboxylic acids is 1. The van der Waals surface area contributed by atoms with Crippen LogP contribution in [0.1, 0.15) is 32.8 Å². The lowest BCUT2D eigenvalue weighted by atomic mass is 9.92. The van der Waals surface area contributed by atoms with Crippen LogP contribution in [0.3, 0.4) is 0 Å². The quantitative estimate of drug-likeness (QED) is 0.715. The second kappa shape index (κ2) is 9.82. The van der Waals surface area contributed by atoms with Gasteiger partial charge in [-0.2, -0.15) is 0 Å². The van der Waals surface area contributed by atoms with Crippen molar-refractivity contribution in [3.8, 4) is 11.5 Å². The molecule has 1 fully saturated rings. The van der Waals surface area contributed by atoms with Crippen LogP contribution in [-0.2, 0) is 16.0 Å². The van der Waals surface area contributed by atoms with Crippen LogP contribution in [0.15, 0.2) is 18.2 Å². The highest BCUT2D eigenvalue weighted by Crippen LogP contribution is 2.28. The molecule has 0 aromatic heterocycles. The zero-order valence-corrected chi connectivity index (χ0v) is 17.9. The molecule has 2 N–H and O–H groups in total. The number of amides is 1. The first-order chi connectivity index (χ1) is 13.6. The molecular formula is C21H32N2O6. The number of ether oxygens (including phenoxy) is 3.